The van der Waals surface area contributed by atoms with Crippen LogP contribution in [0, 0.1) is 0 Å². The van der Waals surface area contributed by atoms with Crippen molar-refractivity contribution in [3.8, 4) is 0 Å². The predicted molar refractivity (Wildman–Crippen MR) is 80.9 cm³/mol. The van der Waals surface area contributed by atoms with E-state index in [4.69, 9.17) is 0 Å². The zero-order chi connectivity index (χ0) is 17.9. The Morgan fingerprint density at radius 1 is 1.21 bits per heavy atom. The second-order valence-electron chi connectivity index (χ2n) is 5.48. The number of aromatic nitrogens is 3. The minimum Gasteiger partial charge on any atom is -0.332 e. The summed E-state index contributed by atoms with van der Waals surface area (Å²) in [5.74, 6) is 0.567. The first-order chi connectivity index (χ1) is 11.2. The number of hydrogen-bond acceptors (Lipinski definition) is 3. The summed E-state index contributed by atoms with van der Waals surface area (Å²) in [5.41, 5.74) is -0.382. The Balaban J connectivity index is 2.00. The van der Waals surface area contributed by atoms with E-state index in [-0.39, 0.29) is 0 Å². The molecule has 0 aliphatic heterocycles. The highest BCUT2D eigenvalue weighted by atomic mass is 19.4. The number of aryl methyl sites for hydroxylation is 1. The summed E-state index contributed by atoms with van der Waals surface area (Å²) in [4.78, 5) is 12.0. The van der Waals surface area contributed by atoms with Gasteiger partial charge in [-0.05, 0) is 31.5 Å². The summed E-state index contributed by atoms with van der Waals surface area (Å²) in [5, 5.41) is 12.9. The zero-order valence-electron chi connectivity index (χ0n) is 13.4. The van der Waals surface area contributed by atoms with Gasteiger partial charge >= 0.3 is 12.2 Å². The van der Waals surface area contributed by atoms with Gasteiger partial charge in [0.2, 0.25) is 0 Å². The van der Waals surface area contributed by atoms with Crippen LogP contribution in [0.3, 0.4) is 0 Å². The second kappa shape index (κ2) is 6.90. The van der Waals surface area contributed by atoms with E-state index in [0.29, 0.717) is 11.4 Å². The summed E-state index contributed by atoms with van der Waals surface area (Å²) in [7, 11) is 1.75. The second-order valence-corrected chi connectivity index (χ2v) is 5.48. The van der Waals surface area contributed by atoms with Crippen LogP contribution in [0.25, 0.3) is 0 Å². The normalized spacial score (nSPS) is 14.1. The number of rotatable bonds is 4. The van der Waals surface area contributed by atoms with Gasteiger partial charge in [0, 0.05) is 7.05 Å². The van der Waals surface area contributed by atoms with E-state index in [9.17, 15) is 18.0 Å². The third-order valence-corrected chi connectivity index (χ3v) is 3.54. The average molecular weight is 341 g/mol. The fraction of sp³-hybridized carbons (Fsp3) is 0.400. The molecule has 0 saturated carbocycles. The van der Waals surface area contributed by atoms with E-state index < -0.39 is 29.9 Å². The lowest BCUT2D eigenvalue weighted by atomic mass is 10.1. The Morgan fingerprint density at radius 3 is 2.46 bits per heavy atom. The van der Waals surface area contributed by atoms with Crippen LogP contribution in [0.1, 0.15) is 42.9 Å². The van der Waals surface area contributed by atoms with E-state index in [1.54, 1.807) is 25.5 Å². The molecule has 2 N–H and O–H groups in total. The van der Waals surface area contributed by atoms with Crippen LogP contribution < -0.4 is 10.6 Å². The molecule has 2 atom stereocenters. The van der Waals surface area contributed by atoms with Crippen LogP contribution in [-0.4, -0.2) is 20.8 Å². The highest BCUT2D eigenvalue weighted by Crippen LogP contribution is 2.30. The van der Waals surface area contributed by atoms with Crippen molar-refractivity contribution in [1.82, 2.24) is 25.4 Å². The molecule has 6 nitrogen and oxygen atoms in total. The van der Waals surface area contributed by atoms with Crippen molar-refractivity contribution in [2.24, 2.45) is 7.05 Å². The van der Waals surface area contributed by atoms with Gasteiger partial charge in [-0.1, -0.05) is 12.1 Å². The highest BCUT2D eigenvalue weighted by molar-refractivity contribution is 5.74. The van der Waals surface area contributed by atoms with Crippen molar-refractivity contribution in [3.63, 3.8) is 0 Å². The molecular formula is C15H18F3N5O. The quantitative estimate of drug-likeness (QED) is 0.898. The molecule has 0 fully saturated rings. The molecule has 0 aliphatic carbocycles. The summed E-state index contributed by atoms with van der Waals surface area (Å²) in [6, 6.07) is 3.38. The standard InChI is InChI=1S/C15H18F3N5O/c1-9(11-5-4-6-12(7-11)15(16,17)18)20-14(24)21-10(2)13-22-19-8-23(13)3/h4-10H,1-3H3,(H2,20,21,24)/t9-,10-/m1/s1. The number of carbonyl (C=O) groups excluding carboxylic acids is 1. The maximum Gasteiger partial charge on any atom is 0.416 e. The lowest BCUT2D eigenvalue weighted by Gasteiger charge is -2.19. The van der Waals surface area contributed by atoms with Crippen molar-refractivity contribution in [1.29, 1.82) is 0 Å². The van der Waals surface area contributed by atoms with E-state index in [0.717, 1.165) is 12.1 Å². The van der Waals surface area contributed by atoms with E-state index in [1.165, 1.54) is 18.5 Å². The monoisotopic (exact) mass is 341 g/mol. The first-order valence-electron chi connectivity index (χ1n) is 7.26. The molecule has 24 heavy (non-hydrogen) atoms. The molecule has 0 spiro atoms. The summed E-state index contributed by atoms with van der Waals surface area (Å²) in [6.07, 6.45) is -2.91. The third kappa shape index (κ3) is 4.24. The van der Waals surface area contributed by atoms with Crippen molar-refractivity contribution < 1.29 is 18.0 Å². The van der Waals surface area contributed by atoms with Crippen molar-refractivity contribution >= 4 is 6.03 Å². The highest BCUT2D eigenvalue weighted by Gasteiger charge is 2.30. The van der Waals surface area contributed by atoms with Gasteiger partial charge in [0.1, 0.15) is 6.33 Å². The minimum atomic E-state index is -4.42. The van der Waals surface area contributed by atoms with Gasteiger partial charge in [0.15, 0.2) is 5.82 Å². The molecule has 2 rings (SSSR count). The molecule has 1 heterocycles. The van der Waals surface area contributed by atoms with Gasteiger partial charge in [-0.3, -0.25) is 0 Å². The van der Waals surface area contributed by atoms with Gasteiger partial charge in [-0.2, -0.15) is 13.2 Å². The van der Waals surface area contributed by atoms with Gasteiger partial charge in [-0.15, -0.1) is 10.2 Å². The Hall–Kier alpha value is -2.58. The fourth-order valence-electron chi connectivity index (χ4n) is 2.25. The number of carbonyl (C=O) groups is 1. The predicted octanol–water partition coefficient (Wildman–Crippen LogP) is 2.96. The smallest absolute Gasteiger partial charge is 0.332 e. The molecule has 130 valence electrons. The largest absolute Gasteiger partial charge is 0.416 e. The summed E-state index contributed by atoms with van der Waals surface area (Å²) >= 11 is 0. The Morgan fingerprint density at radius 2 is 1.88 bits per heavy atom. The average Bonchev–Trinajstić information content (AvgIpc) is 2.92. The maximum atomic E-state index is 12.7. The molecule has 0 unspecified atom stereocenters. The molecule has 1 aromatic carbocycles. The molecule has 2 amide bonds. The molecule has 0 bridgehead atoms. The minimum absolute atomic E-state index is 0.367. The van der Waals surface area contributed by atoms with Crippen molar-refractivity contribution in [2.45, 2.75) is 32.1 Å². The first-order valence-corrected chi connectivity index (χ1v) is 7.26. The van der Waals surface area contributed by atoms with Crippen LogP contribution in [0.5, 0.6) is 0 Å². The number of amides is 2. The Kier molecular flexibility index (Phi) is 5.10. The number of hydrogen-bond donors (Lipinski definition) is 2. The summed E-state index contributed by atoms with van der Waals surface area (Å²) < 4.78 is 39.9. The van der Waals surface area contributed by atoms with Gasteiger partial charge in [0.05, 0.1) is 17.6 Å². The lowest BCUT2D eigenvalue weighted by Crippen LogP contribution is -2.39. The molecule has 0 saturated heterocycles. The van der Waals surface area contributed by atoms with Crippen LogP contribution in [0.2, 0.25) is 0 Å². The molecule has 0 aliphatic rings. The Bertz CT molecular complexity index is 713. The van der Waals surface area contributed by atoms with Gasteiger partial charge < -0.3 is 15.2 Å². The number of alkyl halides is 3. The van der Waals surface area contributed by atoms with E-state index in [2.05, 4.69) is 20.8 Å². The van der Waals surface area contributed by atoms with E-state index >= 15 is 0 Å². The zero-order valence-corrected chi connectivity index (χ0v) is 13.4. The number of benzene rings is 1. The third-order valence-electron chi connectivity index (χ3n) is 3.54. The number of urea groups is 1. The van der Waals surface area contributed by atoms with E-state index in [1.807, 2.05) is 0 Å². The molecule has 0 radical (unpaired) electrons. The van der Waals surface area contributed by atoms with Crippen LogP contribution in [0.4, 0.5) is 18.0 Å². The van der Waals surface area contributed by atoms with Crippen LogP contribution in [0.15, 0.2) is 30.6 Å². The van der Waals surface area contributed by atoms with Gasteiger partial charge in [-0.25, -0.2) is 4.79 Å². The molecule has 9 heteroatoms. The van der Waals surface area contributed by atoms with Gasteiger partial charge in [0.25, 0.3) is 0 Å². The molecule has 2 aromatic rings. The number of nitrogens with zero attached hydrogens (tertiary/aromatic N) is 3. The number of halogens is 3. The van der Waals surface area contributed by atoms with Crippen LogP contribution >= 0.6 is 0 Å². The fourth-order valence-corrected chi connectivity index (χ4v) is 2.25. The topological polar surface area (TPSA) is 71.8 Å². The van der Waals surface area contributed by atoms with Crippen molar-refractivity contribution in [2.75, 3.05) is 0 Å². The molecular weight excluding hydrogens is 323 g/mol. The molecule has 1 aromatic heterocycles. The summed E-state index contributed by atoms with van der Waals surface area (Å²) in [6.45, 7) is 3.35. The first kappa shape index (κ1) is 17.8. The SMILES string of the molecule is C[C@@H](NC(=O)N[C@H](C)c1nncn1C)c1cccc(C(F)(F)F)c1. The lowest BCUT2D eigenvalue weighted by molar-refractivity contribution is -0.137. The van der Waals surface area contributed by atoms with Crippen molar-refractivity contribution in [3.05, 3.63) is 47.5 Å². The Labute approximate surface area is 137 Å². The van der Waals surface area contributed by atoms with Crippen LogP contribution in [-0.2, 0) is 13.2 Å². The maximum absolute atomic E-state index is 12.7. The number of nitrogens with one attached hydrogen (secondary N) is 2.